The van der Waals surface area contributed by atoms with Gasteiger partial charge in [-0.25, -0.2) is 0 Å². The Morgan fingerprint density at radius 2 is 2.31 bits per heavy atom. The van der Waals surface area contributed by atoms with Crippen LogP contribution in [0.5, 0.6) is 0 Å². The third kappa shape index (κ3) is 2.97. The molecule has 0 fully saturated rings. The average Bonchev–Trinajstić information content (AvgIpc) is 2.58. The van der Waals surface area contributed by atoms with Gasteiger partial charge in [0, 0.05) is 26.7 Å². The van der Waals surface area contributed by atoms with E-state index in [4.69, 9.17) is 16.3 Å². The maximum atomic E-state index is 10.4. The Hall–Kier alpha value is -0.580. The number of hydrogen-bond acceptors (Lipinski definition) is 3. The molecule has 92 valence electrons. The largest absolute Gasteiger partial charge is 0.385 e. The van der Waals surface area contributed by atoms with Gasteiger partial charge in [0.25, 0.3) is 0 Å². The van der Waals surface area contributed by atoms with E-state index in [1.807, 2.05) is 0 Å². The standard InChI is InChI=1S/C11H19ClN2O2/c1-4-6-14-10(9(12)8-13-14)11(2,15)5-7-16-3/h8,15H,4-7H2,1-3H3. The third-order valence-electron chi connectivity index (χ3n) is 2.53. The number of halogens is 1. The van der Waals surface area contributed by atoms with E-state index in [2.05, 4.69) is 12.0 Å². The van der Waals surface area contributed by atoms with Crippen molar-refractivity contribution in [3.05, 3.63) is 16.9 Å². The van der Waals surface area contributed by atoms with Gasteiger partial charge in [-0.05, 0) is 13.3 Å². The van der Waals surface area contributed by atoms with Crippen molar-refractivity contribution >= 4 is 11.6 Å². The highest BCUT2D eigenvalue weighted by atomic mass is 35.5. The van der Waals surface area contributed by atoms with Crippen molar-refractivity contribution in [3.63, 3.8) is 0 Å². The molecule has 4 nitrogen and oxygen atoms in total. The molecule has 0 aromatic carbocycles. The second-order valence-corrected chi connectivity index (χ2v) is 4.49. The van der Waals surface area contributed by atoms with Gasteiger partial charge in [-0.3, -0.25) is 4.68 Å². The zero-order valence-corrected chi connectivity index (χ0v) is 10.8. The summed E-state index contributed by atoms with van der Waals surface area (Å²) in [5, 5.41) is 15.0. The lowest BCUT2D eigenvalue weighted by molar-refractivity contribution is 0.0135. The van der Waals surface area contributed by atoms with E-state index in [0.717, 1.165) is 13.0 Å². The van der Waals surface area contributed by atoms with Crippen LogP contribution >= 0.6 is 11.6 Å². The Labute approximate surface area is 101 Å². The average molecular weight is 247 g/mol. The summed E-state index contributed by atoms with van der Waals surface area (Å²) in [7, 11) is 1.61. The smallest absolute Gasteiger partial charge is 0.107 e. The van der Waals surface area contributed by atoms with Gasteiger partial charge in [-0.2, -0.15) is 5.10 Å². The van der Waals surface area contributed by atoms with Crippen LogP contribution in [-0.4, -0.2) is 28.6 Å². The van der Waals surface area contributed by atoms with Crippen molar-refractivity contribution in [1.82, 2.24) is 9.78 Å². The molecule has 1 aromatic heterocycles. The third-order valence-corrected chi connectivity index (χ3v) is 2.81. The number of aryl methyl sites for hydroxylation is 1. The van der Waals surface area contributed by atoms with Gasteiger partial charge < -0.3 is 9.84 Å². The number of methoxy groups -OCH3 is 1. The molecular formula is C11H19ClN2O2. The molecule has 0 aliphatic heterocycles. The zero-order chi connectivity index (χ0) is 12.2. The van der Waals surface area contributed by atoms with Crippen LogP contribution in [0.15, 0.2) is 6.20 Å². The van der Waals surface area contributed by atoms with Crippen LogP contribution in [0.4, 0.5) is 0 Å². The maximum Gasteiger partial charge on any atom is 0.107 e. The van der Waals surface area contributed by atoms with Crippen molar-refractivity contribution in [2.45, 2.75) is 38.8 Å². The fraction of sp³-hybridized carbons (Fsp3) is 0.727. The topological polar surface area (TPSA) is 47.3 Å². The normalized spacial score (nSPS) is 15.1. The molecule has 1 heterocycles. The van der Waals surface area contributed by atoms with Crippen LogP contribution in [0, 0.1) is 0 Å². The molecule has 1 rings (SSSR count). The maximum absolute atomic E-state index is 10.4. The Morgan fingerprint density at radius 3 is 2.88 bits per heavy atom. The fourth-order valence-electron chi connectivity index (χ4n) is 1.70. The first-order valence-corrected chi connectivity index (χ1v) is 5.83. The summed E-state index contributed by atoms with van der Waals surface area (Å²) in [4.78, 5) is 0. The van der Waals surface area contributed by atoms with E-state index in [0.29, 0.717) is 23.7 Å². The Balaban J connectivity index is 2.95. The van der Waals surface area contributed by atoms with Crippen LogP contribution in [0.2, 0.25) is 5.02 Å². The van der Waals surface area contributed by atoms with Crippen molar-refractivity contribution < 1.29 is 9.84 Å². The molecule has 0 bridgehead atoms. The van der Waals surface area contributed by atoms with Crippen LogP contribution in [-0.2, 0) is 16.9 Å². The monoisotopic (exact) mass is 246 g/mol. The molecule has 1 unspecified atom stereocenters. The van der Waals surface area contributed by atoms with Crippen LogP contribution in [0.3, 0.4) is 0 Å². The van der Waals surface area contributed by atoms with Crippen LogP contribution in [0.1, 0.15) is 32.4 Å². The predicted octanol–water partition coefficient (Wildman–Crippen LogP) is 2.19. The molecule has 0 spiro atoms. The van der Waals surface area contributed by atoms with E-state index in [-0.39, 0.29) is 0 Å². The van der Waals surface area contributed by atoms with Crippen LogP contribution < -0.4 is 0 Å². The predicted molar refractivity (Wildman–Crippen MR) is 63.6 cm³/mol. The van der Waals surface area contributed by atoms with Gasteiger partial charge in [0.2, 0.25) is 0 Å². The number of hydrogen-bond donors (Lipinski definition) is 1. The molecule has 0 saturated heterocycles. The lowest BCUT2D eigenvalue weighted by Crippen LogP contribution is -2.27. The first-order chi connectivity index (χ1) is 7.53. The molecule has 0 aliphatic rings. The minimum Gasteiger partial charge on any atom is -0.385 e. The van der Waals surface area contributed by atoms with Crippen molar-refractivity contribution in [2.24, 2.45) is 0 Å². The molecule has 1 aromatic rings. The SMILES string of the molecule is CCCn1ncc(Cl)c1C(C)(O)CCOC. The quantitative estimate of drug-likeness (QED) is 0.837. The number of rotatable bonds is 6. The lowest BCUT2D eigenvalue weighted by Gasteiger charge is -2.24. The first-order valence-electron chi connectivity index (χ1n) is 5.46. The molecule has 0 aliphatic carbocycles. The highest BCUT2D eigenvalue weighted by molar-refractivity contribution is 6.31. The van der Waals surface area contributed by atoms with Gasteiger partial charge in [0.05, 0.1) is 16.9 Å². The molecule has 0 amide bonds. The van der Waals surface area contributed by atoms with Gasteiger partial charge in [-0.1, -0.05) is 18.5 Å². The van der Waals surface area contributed by atoms with Crippen molar-refractivity contribution in [3.8, 4) is 0 Å². The summed E-state index contributed by atoms with van der Waals surface area (Å²) in [6, 6.07) is 0. The second-order valence-electron chi connectivity index (χ2n) is 4.08. The van der Waals surface area contributed by atoms with Gasteiger partial charge >= 0.3 is 0 Å². The molecule has 1 N–H and O–H groups in total. The van der Waals surface area contributed by atoms with E-state index >= 15 is 0 Å². The Morgan fingerprint density at radius 1 is 1.62 bits per heavy atom. The summed E-state index contributed by atoms with van der Waals surface area (Å²) in [6.45, 7) is 5.04. The number of nitrogens with zero attached hydrogens (tertiary/aromatic N) is 2. The minimum atomic E-state index is -1.00. The summed E-state index contributed by atoms with van der Waals surface area (Å²) in [5.41, 5.74) is -0.327. The first kappa shape index (κ1) is 13.5. The van der Waals surface area contributed by atoms with E-state index < -0.39 is 5.60 Å². The molecule has 0 saturated carbocycles. The van der Waals surface area contributed by atoms with Gasteiger partial charge in [-0.15, -0.1) is 0 Å². The van der Waals surface area contributed by atoms with Crippen molar-refractivity contribution in [2.75, 3.05) is 13.7 Å². The number of aliphatic hydroxyl groups is 1. The summed E-state index contributed by atoms with van der Waals surface area (Å²) in [6.07, 6.45) is 3.03. The molecule has 16 heavy (non-hydrogen) atoms. The summed E-state index contributed by atoms with van der Waals surface area (Å²) in [5.74, 6) is 0. The van der Waals surface area contributed by atoms with Gasteiger partial charge in [0.1, 0.15) is 5.60 Å². The second kappa shape index (κ2) is 5.66. The summed E-state index contributed by atoms with van der Waals surface area (Å²) < 4.78 is 6.74. The number of ether oxygens (including phenoxy) is 1. The molecule has 5 heteroatoms. The highest BCUT2D eigenvalue weighted by Crippen LogP contribution is 2.30. The van der Waals surface area contributed by atoms with E-state index in [1.165, 1.54) is 0 Å². The molecular weight excluding hydrogens is 228 g/mol. The Kier molecular flexibility index (Phi) is 4.77. The van der Waals surface area contributed by atoms with E-state index in [9.17, 15) is 5.11 Å². The zero-order valence-electron chi connectivity index (χ0n) is 10.0. The molecule has 1 atom stereocenters. The van der Waals surface area contributed by atoms with E-state index in [1.54, 1.807) is 24.9 Å². The van der Waals surface area contributed by atoms with Crippen LogP contribution in [0.25, 0.3) is 0 Å². The minimum absolute atomic E-state index is 0.487. The van der Waals surface area contributed by atoms with Gasteiger partial charge in [0.15, 0.2) is 0 Å². The molecule has 0 radical (unpaired) electrons. The number of aromatic nitrogens is 2. The lowest BCUT2D eigenvalue weighted by atomic mass is 9.98. The Bertz CT molecular complexity index is 337. The van der Waals surface area contributed by atoms with Crippen molar-refractivity contribution in [1.29, 1.82) is 0 Å². The summed E-state index contributed by atoms with van der Waals surface area (Å²) >= 11 is 6.06. The highest BCUT2D eigenvalue weighted by Gasteiger charge is 2.29. The fourth-order valence-corrected chi connectivity index (χ4v) is 2.04.